The molecule has 0 aliphatic carbocycles. The van der Waals surface area contributed by atoms with Gasteiger partial charge in [-0.2, -0.15) is 0 Å². The SMILES string of the molecule is CC1(C)c2ccccc2B2c3ccccc3C3(c4ccccc4B(c4cccc(-c5ccc(-c6ccc7c8ccccc8n(-c8ccccc8)c7c6)cc5)c4)c4ccccc43)c3cccc1c32. The molecule has 0 atom stereocenters. The van der Waals surface area contributed by atoms with Crippen molar-refractivity contribution in [1.82, 2.24) is 4.57 Å². The van der Waals surface area contributed by atoms with Gasteiger partial charge in [-0.1, -0.05) is 259 Å². The van der Waals surface area contributed by atoms with Crippen LogP contribution in [0.2, 0.25) is 0 Å². The lowest BCUT2D eigenvalue weighted by atomic mass is 9.24. The van der Waals surface area contributed by atoms with Crippen LogP contribution in [-0.4, -0.2) is 18.0 Å². The van der Waals surface area contributed by atoms with Crippen molar-refractivity contribution in [3.8, 4) is 27.9 Å². The van der Waals surface area contributed by atoms with Crippen molar-refractivity contribution in [2.75, 3.05) is 0 Å². The second-order valence-corrected chi connectivity index (χ2v) is 19.5. The van der Waals surface area contributed by atoms with Crippen molar-refractivity contribution in [2.45, 2.75) is 24.7 Å². The van der Waals surface area contributed by atoms with E-state index in [4.69, 9.17) is 0 Å². The number of para-hydroxylation sites is 2. The number of aromatic nitrogens is 1. The number of nitrogens with zero attached hydrogens (tertiary/aromatic N) is 1. The molecule has 11 aromatic rings. The van der Waals surface area contributed by atoms with Crippen molar-refractivity contribution in [1.29, 1.82) is 0 Å². The zero-order valence-corrected chi connectivity index (χ0v) is 37.6. The highest BCUT2D eigenvalue weighted by Gasteiger charge is 2.55. The molecule has 3 aliphatic rings. The van der Waals surface area contributed by atoms with Gasteiger partial charge in [0.05, 0.1) is 16.4 Å². The minimum atomic E-state index is -0.490. The summed E-state index contributed by atoms with van der Waals surface area (Å²) in [5, 5.41) is 2.54. The summed E-state index contributed by atoms with van der Waals surface area (Å²) >= 11 is 0. The molecule has 14 rings (SSSR count). The highest BCUT2D eigenvalue weighted by Crippen LogP contribution is 2.49. The van der Waals surface area contributed by atoms with Crippen molar-refractivity contribution >= 4 is 68.0 Å². The van der Waals surface area contributed by atoms with Gasteiger partial charge in [0.2, 0.25) is 13.4 Å². The topological polar surface area (TPSA) is 4.93 Å². The summed E-state index contributed by atoms with van der Waals surface area (Å²) in [4.78, 5) is 0. The first-order chi connectivity index (χ1) is 33.0. The maximum absolute atomic E-state index is 2.46. The number of rotatable bonds is 4. The van der Waals surface area contributed by atoms with Gasteiger partial charge < -0.3 is 4.57 Å². The van der Waals surface area contributed by atoms with Gasteiger partial charge in [0.15, 0.2) is 0 Å². The lowest BCUT2D eigenvalue weighted by molar-refractivity contribution is 0.640. The van der Waals surface area contributed by atoms with Crippen LogP contribution in [-0.2, 0) is 10.8 Å². The molecule has 3 aliphatic heterocycles. The predicted molar refractivity (Wildman–Crippen MR) is 284 cm³/mol. The fourth-order valence-electron chi connectivity index (χ4n) is 13.1. The van der Waals surface area contributed by atoms with E-state index < -0.39 is 5.41 Å². The number of benzene rings is 10. The maximum atomic E-state index is 2.46. The molecule has 0 amide bonds. The van der Waals surface area contributed by atoms with Gasteiger partial charge in [0.1, 0.15) is 0 Å². The van der Waals surface area contributed by atoms with Crippen LogP contribution < -0.4 is 32.8 Å². The maximum Gasteiger partial charge on any atom is 0.242 e. The fourth-order valence-corrected chi connectivity index (χ4v) is 13.1. The standard InChI is InChI=1S/C64H45B2N/c1-63(2)50-23-7-11-29-56(50)66-59-32-14-10-26-53(59)64(55-28-17-27-54(63)62(55)66)51-24-8-12-30-57(51)65(58-31-13-9-25-52(58)64)46-19-16-18-44(40-46)42-34-36-43(37-35-42)45-38-39-49-48-22-6-15-33-60(48)67(61(49)41-45)47-20-4-3-5-21-47/h3-41H,1-2H3. The molecule has 1 spiro atoms. The summed E-state index contributed by atoms with van der Waals surface area (Å²) in [7, 11) is 0. The number of hydrogen-bond donors (Lipinski definition) is 0. The fraction of sp³-hybridized carbons (Fsp3) is 0.0625. The highest BCUT2D eigenvalue weighted by atomic mass is 15.0. The van der Waals surface area contributed by atoms with E-state index in [9.17, 15) is 0 Å². The summed E-state index contributed by atoms with van der Waals surface area (Å²) in [5.41, 5.74) is 24.7. The van der Waals surface area contributed by atoms with E-state index in [2.05, 4.69) is 255 Å². The molecule has 1 aromatic heterocycles. The summed E-state index contributed by atoms with van der Waals surface area (Å²) in [6.45, 7) is 5.08. The molecule has 0 bridgehead atoms. The van der Waals surface area contributed by atoms with Gasteiger partial charge in [0.25, 0.3) is 0 Å². The molecular weight excluding hydrogens is 804 g/mol. The van der Waals surface area contributed by atoms with Crippen LogP contribution in [0.1, 0.15) is 47.2 Å². The monoisotopic (exact) mass is 849 g/mol. The number of fused-ring (bicyclic) bond motifs is 13. The predicted octanol–water partition coefficient (Wildman–Crippen LogP) is 10.8. The Bertz CT molecular complexity index is 3760. The highest BCUT2D eigenvalue weighted by molar-refractivity contribution is 6.98. The minimum absolute atomic E-state index is 0.0573. The van der Waals surface area contributed by atoms with Gasteiger partial charge in [0, 0.05) is 21.9 Å². The van der Waals surface area contributed by atoms with E-state index in [1.54, 1.807) is 0 Å². The zero-order chi connectivity index (χ0) is 44.4. The van der Waals surface area contributed by atoms with Crippen molar-refractivity contribution in [3.63, 3.8) is 0 Å². The first-order valence-electron chi connectivity index (χ1n) is 23.8. The van der Waals surface area contributed by atoms with Crippen LogP contribution in [0.15, 0.2) is 237 Å². The van der Waals surface area contributed by atoms with E-state index >= 15 is 0 Å². The van der Waals surface area contributed by atoms with Gasteiger partial charge in [-0.15, -0.1) is 0 Å². The molecule has 0 saturated carbocycles. The average Bonchev–Trinajstić information content (AvgIpc) is 3.72. The molecule has 0 unspecified atom stereocenters. The molecule has 10 aromatic carbocycles. The van der Waals surface area contributed by atoms with Crippen molar-refractivity contribution in [2.24, 2.45) is 0 Å². The summed E-state index contributed by atoms with van der Waals surface area (Å²) in [6, 6.07) is 89.5. The van der Waals surface area contributed by atoms with E-state index in [-0.39, 0.29) is 18.8 Å². The normalized spacial score (nSPS) is 14.6. The largest absolute Gasteiger partial charge is 0.309 e. The van der Waals surface area contributed by atoms with Crippen molar-refractivity contribution in [3.05, 3.63) is 270 Å². The summed E-state index contributed by atoms with van der Waals surface area (Å²) in [5.74, 6) is 0. The molecule has 0 saturated heterocycles. The molecule has 67 heavy (non-hydrogen) atoms. The van der Waals surface area contributed by atoms with E-state index in [1.807, 2.05) is 0 Å². The molecule has 4 heterocycles. The van der Waals surface area contributed by atoms with Crippen LogP contribution in [0.25, 0.3) is 49.7 Å². The molecule has 3 heteroatoms. The average molecular weight is 850 g/mol. The van der Waals surface area contributed by atoms with E-state index in [0.717, 1.165) is 0 Å². The Morgan fingerprint density at radius 1 is 0.328 bits per heavy atom. The molecular formula is C64H45B2N. The Balaban J connectivity index is 0.898. The second kappa shape index (κ2) is 14.3. The molecule has 312 valence electrons. The third-order valence-corrected chi connectivity index (χ3v) is 15.9. The van der Waals surface area contributed by atoms with Gasteiger partial charge in [-0.3, -0.25) is 0 Å². The van der Waals surface area contributed by atoms with E-state index in [1.165, 1.54) is 116 Å². The van der Waals surface area contributed by atoms with Gasteiger partial charge in [-0.25, -0.2) is 0 Å². The van der Waals surface area contributed by atoms with Crippen LogP contribution in [0.4, 0.5) is 0 Å². The Morgan fingerprint density at radius 2 is 0.806 bits per heavy atom. The number of hydrogen-bond acceptors (Lipinski definition) is 0. The second-order valence-electron chi connectivity index (χ2n) is 19.5. The lowest BCUT2D eigenvalue weighted by Crippen LogP contribution is -2.70. The Kier molecular flexibility index (Phi) is 8.20. The summed E-state index contributed by atoms with van der Waals surface area (Å²) < 4.78 is 2.40. The Hall–Kier alpha value is -7.87. The van der Waals surface area contributed by atoms with Crippen molar-refractivity contribution < 1.29 is 0 Å². The Morgan fingerprint density at radius 3 is 1.48 bits per heavy atom. The first kappa shape index (κ1) is 38.4. The summed E-state index contributed by atoms with van der Waals surface area (Å²) in [6.07, 6.45) is 0. The minimum Gasteiger partial charge on any atom is -0.309 e. The van der Waals surface area contributed by atoms with Crippen LogP contribution >= 0.6 is 0 Å². The van der Waals surface area contributed by atoms with Gasteiger partial charge >= 0.3 is 0 Å². The molecule has 0 fully saturated rings. The molecule has 1 nitrogen and oxygen atoms in total. The van der Waals surface area contributed by atoms with E-state index in [0.29, 0.717) is 0 Å². The third-order valence-electron chi connectivity index (χ3n) is 15.9. The lowest BCUT2D eigenvalue weighted by Gasteiger charge is -2.52. The first-order valence-corrected chi connectivity index (χ1v) is 23.8. The molecule has 0 radical (unpaired) electrons. The van der Waals surface area contributed by atoms with Crippen LogP contribution in [0, 0.1) is 0 Å². The van der Waals surface area contributed by atoms with Crippen LogP contribution in [0.5, 0.6) is 0 Å². The third kappa shape index (κ3) is 5.29. The quantitative estimate of drug-likeness (QED) is 0.156. The van der Waals surface area contributed by atoms with Gasteiger partial charge in [-0.05, 0) is 79.9 Å². The Labute approximate surface area is 393 Å². The molecule has 0 N–H and O–H groups in total. The smallest absolute Gasteiger partial charge is 0.242 e. The van der Waals surface area contributed by atoms with Crippen LogP contribution in [0.3, 0.4) is 0 Å². The zero-order valence-electron chi connectivity index (χ0n) is 37.6.